The van der Waals surface area contributed by atoms with Gasteiger partial charge in [-0.1, -0.05) is 0 Å². The van der Waals surface area contributed by atoms with Gasteiger partial charge in [-0.05, 0) is 0 Å². The van der Waals surface area contributed by atoms with Crippen LogP contribution in [0.25, 0.3) is 0 Å². The van der Waals surface area contributed by atoms with E-state index in [2.05, 4.69) is 74.5 Å². The number of carbonyl (C=O) groups is 1. The second-order valence-electron chi connectivity index (χ2n) is 7.89. The van der Waals surface area contributed by atoms with Crippen molar-refractivity contribution in [2.75, 3.05) is 0 Å². The maximum absolute atomic E-state index is 11.7. The number of hydrogen-bond donors (Lipinski definition) is 0. The van der Waals surface area contributed by atoms with Crippen LogP contribution in [-0.4, -0.2) is 10.9 Å². The van der Waals surface area contributed by atoms with Crippen molar-refractivity contribution >= 4 is 10.9 Å². The number of esters is 1. The van der Waals surface area contributed by atoms with E-state index in [-0.39, 0.29) is 16.8 Å². The van der Waals surface area contributed by atoms with Gasteiger partial charge in [0.05, 0.1) is 0 Å². The monoisotopic (exact) mass is 377 g/mol. The Labute approximate surface area is 159 Å². The molecule has 0 unspecified atom stereocenters. The Balaban J connectivity index is 2.80. The van der Waals surface area contributed by atoms with Gasteiger partial charge in [0.15, 0.2) is 0 Å². The van der Waals surface area contributed by atoms with Gasteiger partial charge in [0, 0.05) is 0 Å². The summed E-state index contributed by atoms with van der Waals surface area (Å²) in [7, 11) is 0. The zero-order chi connectivity index (χ0) is 18.8. The van der Waals surface area contributed by atoms with Crippen molar-refractivity contribution in [3.05, 3.63) is 64.7 Å². The first kappa shape index (κ1) is 19.6. The molecule has 0 N–H and O–H groups in total. The van der Waals surface area contributed by atoms with E-state index in [0.717, 1.165) is 11.1 Å². The molecular formula is C22H26MnO2. The summed E-state index contributed by atoms with van der Waals surface area (Å²) >= 11 is 3.44. The predicted molar refractivity (Wildman–Crippen MR) is 100 cm³/mol. The minimum absolute atomic E-state index is 0.0129. The standard InChI is InChI=1S/C22H26O2.Mn/c1-15-13-18(21(3,4)5)14-19(20(15)24-16(2)23)22(6,7)17-11-9-8-10-12-17;/h1,8-14H,2-7H3;. The van der Waals surface area contributed by atoms with Crippen molar-refractivity contribution in [1.82, 2.24) is 0 Å². The maximum atomic E-state index is 11.7. The summed E-state index contributed by atoms with van der Waals surface area (Å²) in [6.07, 6.45) is 0. The zero-order valence-electron chi connectivity index (χ0n) is 15.8. The van der Waals surface area contributed by atoms with Crippen LogP contribution >= 0.6 is 0 Å². The second-order valence-corrected chi connectivity index (χ2v) is 8.23. The van der Waals surface area contributed by atoms with Crippen LogP contribution in [0, 0.1) is 0 Å². The average molecular weight is 377 g/mol. The minimum atomic E-state index is -0.316. The van der Waals surface area contributed by atoms with E-state index in [1.807, 2.05) is 23.1 Å². The Hall–Kier alpha value is -1.70. The van der Waals surface area contributed by atoms with Crippen LogP contribution in [0.1, 0.15) is 63.8 Å². The Bertz CT molecular complexity index is 784. The second kappa shape index (κ2) is 7.27. The molecule has 2 aromatic carbocycles. The van der Waals surface area contributed by atoms with Gasteiger partial charge < -0.3 is 0 Å². The van der Waals surface area contributed by atoms with Crippen LogP contribution in [0.3, 0.4) is 0 Å². The van der Waals surface area contributed by atoms with Crippen LogP contribution < -0.4 is 4.74 Å². The number of rotatable bonds is 4. The molecule has 0 saturated carbocycles. The van der Waals surface area contributed by atoms with E-state index in [0.29, 0.717) is 5.75 Å². The molecule has 0 bridgehead atoms. The van der Waals surface area contributed by atoms with Gasteiger partial charge in [0.2, 0.25) is 0 Å². The molecule has 3 heteroatoms. The van der Waals surface area contributed by atoms with Crippen LogP contribution in [-0.2, 0) is 31.2 Å². The third-order valence-corrected chi connectivity index (χ3v) is 4.88. The molecule has 2 rings (SSSR count). The topological polar surface area (TPSA) is 26.3 Å². The number of hydrogen-bond acceptors (Lipinski definition) is 2. The van der Waals surface area contributed by atoms with E-state index in [4.69, 9.17) is 4.74 Å². The third kappa shape index (κ3) is 4.29. The molecule has 0 aliphatic rings. The van der Waals surface area contributed by atoms with E-state index < -0.39 is 0 Å². The Morgan fingerprint density at radius 3 is 2.08 bits per heavy atom. The van der Waals surface area contributed by atoms with Gasteiger partial charge >= 0.3 is 159 Å². The molecule has 0 aliphatic carbocycles. The summed E-state index contributed by atoms with van der Waals surface area (Å²) in [5.74, 6) is 0.301. The summed E-state index contributed by atoms with van der Waals surface area (Å²) in [4.78, 5) is 13.6. The molecule has 0 spiro atoms. The SMILES string of the molecule is CC(=O)Oc1c([CH]=[Mn])cc(C(C)(C)C)cc1C(C)(C)c1ccccc1. The molecule has 0 saturated heterocycles. The summed E-state index contributed by atoms with van der Waals surface area (Å²) in [6.45, 7) is 12.3. The molecule has 2 nitrogen and oxygen atoms in total. The summed E-state index contributed by atoms with van der Waals surface area (Å²) in [5.41, 5.74) is 3.94. The van der Waals surface area contributed by atoms with Crippen molar-refractivity contribution < 1.29 is 25.1 Å². The van der Waals surface area contributed by atoms with Crippen molar-refractivity contribution in [1.29, 1.82) is 0 Å². The molecule has 133 valence electrons. The number of benzene rings is 2. The molecule has 0 fully saturated rings. The fourth-order valence-electron chi connectivity index (χ4n) is 2.90. The van der Waals surface area contributed by atoms with Gasteiger partial charge in [-0.2, -0.15) is 0 Å². The molecule has 0 atom stereocenters. The Morgan fingerprint density at radius 2 is 1.60 bits per heavy atom. The van der Waals surface area contributed by atoms with Crippen molar-refractivity contribution in [3.63, 3.8) is 0 Å². The van der Waals surface area contributed by atoms with Crippen molar-refractivity contribution in [3.8, 4) is 5.75 Å². The zero-order valence-corrected chi connectivity index (χ0v) is 17.0. The molecule has 0 amide bonds. The first-order valence-corrected chi connectivity index (χ1v) is 9.12. The van der Waals surface area contributed by atoms with E-state index >= 15 is 0 Å². The van der Waals surface area contributed by atoms with E-state index in [9.17, 15) is 4.79 Å². The number of ether oxygens (including phenoxy) is 1. The van der Waals surface area contributed by atoms with Crippen LogP contribution in [0.4, 0.5) is 0 Å². The normalized spacial score (nSPS) is 11.9. The average Bonchev–Trinajstić information content (AvgIpc) is 2.54. The molecule has 25 heavy (non-hydrogen) atoms. The van der Waals surface area contributed by atoms with Crippen LogP contribution in [0.2, 0.25) is 0 Å². The fourth-order valence-corrected chi connectivity index (χ4v) is 3.15. The molecular weight excluding hydrogens is 351 g/mol. The first-order valence-electron chi connectivity index (χ1n) is 8.43. The summed E-state index contributed by atoms with van der Waals surface area (Å²) in [5, 5.41) is 0. The Morgan fingerprint density at radius 1 is 1.00 bits per heavy atom. The van der Waals surface area contributed by atoms with Crippen molar-refractivity contribution in [2.24, 2.45) is 0 Å². The quantitative estimate of drug-likeness (QED) is 0.429. The predicted octanol–water partition coefficient (Wildman–Crippen LogP) is 4.93. The molecule has 0 aliphatic heterocycles. The van der Waals surface area contributed by atoms with Crippen molar-refractivity contribution in [2.45, 2.75) is 52.4 Å². The Kier molecular flexibility index (Phi) is 5.71. The van der Waals surface area contributed by atoms with Gasteiger partial charge in [-0.25, -0.2) is 0 Å². The van der Waals surface area contributed by atoms with Gasteiger partial charge in [0.25, 0.3) is 0 Å². The van der Waals surface area contributed by atoms with Crippen LogP contribution in [0.15, 0.2) is 42.5 Å². The van der Waals surface area contributed by atoms with Gasteiger partial charge in [-0.3, -0.25) is 0 Å². The molecule has 0 aromatic heterocycles. The summed E-state index contributed by atoms with van der Waals surface area (Å²) < 4.78 is 5.64. The molecule has 2 aromatic rings. The number of carbonyl (C=O) groups excluding carboxylic acids is 1. The van der Waals surface area contributed by atoms with Crippen LogP contribution in [0.5, 0.6) is 5.75 Å². The van der Waals surface area contributed by atoms with Gasteiger partial charge in [0.1, 0.15) is 0 Å². The molecule has 0 heterocycles. The first-order chi connectivity index (χ1) is 11.6. The summed E-state index contributed by atoms with van der Waals surface area (Å²) in [6, 6.07) is 14.6. The van der Waals surface area contributed by atoms with Gasteiger partial charge in [-0.15, -0.1) is 0 Å². The van der Waals surface area contributed by atoms with E-state index in [1.54, 1.807) is 0 Å². The third-order valence-electron chi connectivity index (χ3n) is 4.52. The van der Waals surface area contributed by atoms with E-state index in [1.165, 1.54) is 18.1 Å². The fraction of sp³-hybridized carbons (Fsp3) is 0.364. The molecule has 0 radical (unpaired) electrons.